The van der Waals surface area contributed by atoms with Crippen LogP contribution < -0.4 is 10.6 Å². The fraction of sp³-hybridized carbons (Fsp3) is 0. The highest BCUT2D eigenvalue weighted by Crippen LogP contribution is 2.23. The number of anilines is 3. The van der Waals surface area contributed by atoms with Crippen LogP contribution in [0.2, 0.25) is 5.02 Å². The molecule has 0 bridgehead atoms. The predicted octanol–water partition coefficient (Wildman–Crippen LogP) is 5.15. The fourth-order valence-electron chi connectivity index (χ4n) is 2.12. The number of hydrogen-bond acceptors (Lipinski definition) is 3. The Kier molecular flexibility index (Phi) is 5.09. The molecule has 1 aromatic heterocycles. The summed E-state index contributed by atoms with van der Waals surface area (Å²) >= 11 is 5.98. The number of para-hydroxylation sites is 1. The first kappa shape index (κ1) is 17.8. The van der Waals surface area contributed by atoms with Crippen molar-refractivity contribution in [3.63, 3.8) is 0 Å². The summed E-state index contributed by atoms with van der Waals surface area (Å²) in [6, 6.07) is 11.4. The van der Waals surface area contributed by atoms with E-state index in [1.807, 2.05) is 0 Å². The fourth-order valence-corrected chi connectivity index (χ4v) is 2.30. The molecule has 8 heteroatoms. The summed E-state index contributed by atoms with van der Waals surface area (Å²) in [6.45, 7) is 0. The summed E-state index contributed by atoms with van der Waals surface area (Å²) in [7, 11) is 0. The van der Waals surface area contributed by atoms with Gasteiger partial charge in [0.05, 0.1) is 22.0 Å². The van der Waals surface area contributed by atoms with Crippen LogP contribution in [0.4, 0.5) is 30.4 Å². The van der Waals surface area contributed by atoms with Gasteiger partial charge < -0.3 is 10.6 Å². The number of amides is 1. The molecule has 0 saturated heterocycles. The molecule has 0 aliphatic heterocycles. The van der Waals surface area contributed by atoms with E-state index < -0.39 is 23.4 Å². The highest BCUT2D eigenvalue weighted by Gasteiger charge is 2.14. The third kappa shape index (κ3) is 3.78. The van der Waals surface area contributed by atoms with E-state index in [0.29, 0.717) is 10.7 Å². The Labute approximate surface area is 151 Å². The van der Waals surface area contributed by atoms with E-state index in [0.717, 1.165) is 12.1 Å². The van der Waals surface area contributed by atoms with Gasteiger partial charge in [-0.2, -0.15) is 0 Å². The number of pyridine rings is 1. The third-order valence-electron chi connectivity index (χ3n) is 3.45. The van der Waals surface area contributed by atoms with Gasteiger partial charge in [-0.05, 0) is 36.4 Å². The topological polar surface area (TPSA) is 54.0 Å². The number of carbonyl (C=O) groups excluding carboxylic acids is 1. The highest BCUT2D eigenvalue weighted by atomic mass is 35.5. The van der Waals surface area contributed by atoms with Crippen molar-refractivity contribution < 1.29 is 18.0 Å². The first-order valence-electron chi connectivity index (χ1n) is 7.38. The summed E-state index contributed by atoms with van der Waals surface area (Å²) in [5.41, 5.74) is 0.413. The first-order chi connectivity index (χ1) is 12.5. The second-order valence-electron chi connectivity index (χ2n) is 5.21. The molecule has 0 saturated carbocycles. The zero-order chi connectivity index (χ0) is 18.7. The molecular weight excluding hydrogens is 367 g/mol. The van der Waals surface area contributed by atoms with Gasteiger partial charge in [0.1, 0.15) is 5.82 Å². The molecule has 0 aliphatic carbocycles. The Morgan fingerprint density at radius 2 is 1.69 bits per heavy atom. The van der Waals surface area contributed by atoms with Crippen LogP contribution in [0.15, 0.2) is 54.7 Å². The van der Waals surface area contributed by atoms with E-state index >= 15 is 0 Å². The molecule has 0 radical (unpaired) electrons. The Bertz CT molecular complexity index is 964. The third-order valence-corrected chi connectivity index (χ3v) is 3.78. The minimum Gasteiger partial charge on any atom is -0.338 e. The summed E-state index contributed by atoms with van der Waals surface area (Å²) < 4.78 is 39.8. The van der Waals surface area contributed by atoms with Crippen LogP contribution in [0.1, 0.15) is 10.4 Å². The highest BCUT2D eigenvalue weighted by molar-refractivity contribution is 6.33. The van der Waals surface area contributed by atoms with Gasteiger partial charge in [-0.3, -0.25) is 4.79 Å². The molecule has 0 unspecified atom stereocenters. The summed E-state index contributed by atoms with van der Waals surface area (Å²) in [4.78, 5) is 16.2. The van der Waals surface area contributed by atoms with E-state index in [9.17, 15) is 18.0 Å². The largest absolute Gasteiger partial charge is 0.338 e. The number of halogens is 4. The summed E-state index contributed by atoms with van der Waals surface area (Å²) in [6.07, 6.45) is 1.26. The average Bonchev–Trinajstić information content (AvgIpc) is 2.64. The predicted molar refractivity (Wildman–Crippen MR) is 93.2 cm³/mol. The molecule has 2 aromatic carbocycles. The molecule has 132 valence electrons. The van der Waals surface area contributed by atoms with Crippen LogP contribution >= 0.6 is 11.6 Å². The lowest BCUT2D eigenvalue weighted by Crippen LogP contribution is -2.12. The monoisotopic (exact) mass is 377 g/mol. The molecule has 2 N–H and O–H groups in total. The van der Waals surface area contributed by atoms with Gasteiger partial charge >= 0.3 is 0 Å². The number of carbonyl (C=O) groups is 1. The number of benzene rings is 2. The van der Waals surface area contributed by atoms with Gasteiger partial charge in [0, 0.05) is 6.20 Å². The molecular formula is C18H11ClF3N3O. The molecule has 0 aliphatic rings. The molecule has 0 atom stereocenters. The molecule has 1 heterocycles. The van der Waals surface area contributed by atoms with Crippen LogP contribution in [-0.4, -0.2) is 10.9 Å². The normalized spacial score (nSPS) is 10.5. The van der Waals surface area contributed by atoms with Crippen molar-refractivity contribution in [1.29, 1.82) is 0 Å². The smallest absolute Gasteiger partial charge is 0.257 e. The van der Waals surface area contributed by atoms with Crippen molar-refractivity contribution in [2.45, 2.75) is 0 Å². The van der Waals surface area contributed by atoms with E-state index in [4.69, 9.17) is 11.6 Å². The maximum absolute atomic E-state index is 13.7. The van der Waals surface area contributed by atoms with Crippen molar-refractivity contribution in [2.75, 3.05) is 10.6 Å². The van der Waals surface area contributed by atoms with Crippen LogP contribution in [-0.2, 0) is 0 Å². The standard InChI is InChI=1S/C18H11ClF3N3O/c19-11-3-1-2-4-13(11)25-18(26)10-5-8-15(23-9-10)24-14-7-6-12(20)16(21)17(14)22/h1-9H,(H,23,24)(H,25,26). The minimum atomic E-state index is -1.58. The zero-order valence-electron chi connectivity index (χ0n) is 13.1. The van der Waals surface area contributed by atoms with Crippen molar-refractivity contribution in [3.05, 3.63) is 82.8 Å². The number of nitrogens with one attached hydrogen (secondary N) is 2. The van der Waals surface area contributed by atoms with Gasteiger partial charge in [-0.1, -0.05) is 23.7 Å². The first-order valence-corrected chi connectivity index (χ1v) is 7.76. The van der Waals surface area contributed by atoms with Gasteiger partial charge in [0.15, 0.2) is 17.5 Å². The number of nitrogens with zero attached hydrogens (tertiary/aromatic N) is 1. The Balaban J connectivity index is 1.73. The van der Waals surface area contributed by atoms with E-state index in [-0.39, 0.29) is 17.1 Å². The van der Waals surface area contributed by atoms with E-state index in [1.54, 1.807) is 24.3 Å². The minimum absolute atomic E-state index is 0.157. The van der Waals surface area contributed by atoms with Gasteiger partial charge in [0.2, 0.25) is 0 Å². The maximum Gasteiger partial charge on any atom is 0.257 e. The van der Waals surface area contributed by atoms with Crippen molar-refractivity contribution in [3.8, 4) is 0 Å². The quantitative estimate of drug-likeness (QED) is 0.618. The van der Waals surface area contributed by atoms with Gasteiger partial charge in [-0.25, -0.2) is 18.2 Å². The lowest BCUT2D eigenvalue weighted by atomic mass is 10.2. The summed E-state index contributed by atoms with van der Waals surface area (Å²) in [5.74, 6) is -4.49. The van der Waals surface area contributed by atoms with Crippen LogP contribution in [0.3, 0.4) is 0 Å². The Morgan fingerprint density at radius 1 is 0.923 bits per heavy atom. The van der Waals surface area contributed by atoms with E-state index in [1.165, 1.54) is 18.3 Å². The average molecular weight is 378 g/mol. The van der Waals surface area contributed by atoms with Gasteiger partial charge in [0.25, 0.3) is 5.91 Å². The number of hydrogen-bond donors (Lipinski definition) is 2. The van der Waals surface area contributed by atoms with Crippen LogP contribution in [0.25, 0.3) is 0 Å². The number of aromatic nitrogens is 1. The molecule has 0 fully saturated rings. The van der Waals surface area contributed by atoms with Gasteiger partial charge in [-0.15, -0.1) is 0 Å². The van der Waals surface area contributed by atoms with Crippen LogP contribution in [0, 0.1) is 17.5 Å². The lowest BCUT2D eigenvalue weighted by Gasteiger charge is -2.09. The summed E-state index contributed by atoms with van der Waals surface area (Å²) in [5, 5.41) is 5.55. The van der Waals surface area contributed by atoms with Crippen LogP contribution in [0.5, 0.6) is 0 Å². The number of rotatable bonds is 4. The molecule has 4 nitrogen and oxygen atoms in total. The SMILES string of the molecule is O=C(Nc1ccccc1Cl)c1ccc(Nc2ccc(F)c(F)c2F)nc1. The molecule has 26 heavy (non-hydrogen) atoms. The van der Waals surface area contributed by atoms with Crippen molar-refractivity contribution >= 4 is 34.7 Å². The van der Waals surface area contributed by atoms with E-state index in [2.05, 4.69) is 15.6 Å². The van der Waals surface area contributed by atoms with Crippen molar-refractivity contribution in [1.82, 2.24) is 4.98 Å². The Morgan fingerprint density at radius 3 is 2.38 bits per heavy atom. The molecule has 1 amide bonds. The maximum atomic E-state index is 13.7. The lowest BCUT2D eigenvalue weighted by molar-refractivity contribution is 0.102. The molecule has 0 spiro atoms. The molecule has 3 rings (SSSR count). The Hall–Kier alpha value is -3.06. The second kappa shape index (κ2) is 7.45. The zero-order valence-corrected chi connectivity index (χ0v) is 13.8. The second-order valence-corrected chi connectivity index (χ2v) is 5.62. The van der Waals surface area contributed by atoms with Crippen molar-refractivity contribution in [2.24, 2.45) is 0 Å². The molecule has 3 aromatic rings.